The molecule has 0 atom stereocenters. The quantitative estimate of drug-likeness (QED) is 0.296. The van der Waals surface area contributed by atoms with E-state index in [0.717, 1.165) is 25.9 Å². The van der Waals surface area contributed by atoms with Crippen molar-refractivity contribution in [2.45, 2.75) is 12.8 Å². The molecule has 0 amide bonds. The molecule has 0 unspecified atom stereocenters. The Bertz CT molecular complexity index is 336. The predicted molar refractivity (Wildman–Crippen MR) is 78.1 cm³/mol. The first-order valence-corrected chi connectivity index (χ1v) is 6.40. The average molecular weight is 494 g/mol. The zero-order chi connectivity index (χ0) is 13.4. The molecule has 0 spiro atoms. The Labute approximate surface area is 161 Å². The van der Waals surface area contributed by atoms with Gasteiger partial charge >= 0.3 is 25.8 Å². The predicted octanol–water partition coefficient (Wildman–Crippen LogP) is -3.52. The van der Waals surface area contributed by atoms with Crippen LogP contribution in [0.25, 0.3) is 0 Å². The van der Waals surface area contributed by atoms with Crippen molar-refractivity contribution in [3.63, 3.8) is 0 Å². The second-order valence-corrected chi connectivity index (χ2v) is 5.09. The third-order valence-corrected chi connectivity index (χ3v) is 2.51. The van der Waals surface area contributed by atoms with E-state index in [0.29, 0.717) is 0 Å². The van der Waals surface area contributed by atoms with Gasteiger partial charge in [-0.3, -0.25) is 12.2 Å². The first-order chi connectivity index (χ1) is 8.58. The summed E-state index contributed by atoms with van der Waals surface area (Å²) in [5, 5.41) is 0. The molecule has 0 N–H and O–H groups in total. The van der Waals surface area contributed by atoms with Gasteiger partial charge in [0.05, 0.1) is 0 Å². The number of nitrogens with zero attached hydrogens (tertiary/aromatic N) is 2. The summed E-state index contributed by atoms with van der Waals surface area (Å²) in [5.41, 5.74) is 2.64. The molecule has 2 aliphatic carbocycles. The minimum Gasteiger partial charge on any atom is -1.00 e. The summed E-state index contributed by atoms with van der Waals surface area (Å²) in [6.45, 7) is 2.05. The Kier molecular flexibility index (Phi) is 19.0. The van der Waals surface area contributed by atoms with E-state index in [4.69, 9.17) is 0 Å². The van der Waals surface area contributed by atoms with Crippen LogP contribution in [0.15, 0.2) is 35.5 Å². The van der Waals surface area contributed by atoms with Crippen LogP contribution in [-0.4, -0.2) is 51.1 Å². The van der Waals surface area contributed by atoms with Gasteiger partial charge in [0.15, 0.2) is 0 Å². The van der Waals surface area contributed by atoms with Crippen molar-refractivity contribution in [1.82, 2.24) is 9.80 Å². The van der Waals surface area contributed by atoms with Crippen LogP contribution in [0.4, 0.5) is 0 Å². The fourth-order valence-corrected chi connectivity index (χ4v) is 1.80. The Balaban J connectivity index is -0.000000270. The van der Waals surface area contributed by atoms with Crippen molar-refractivity contribution in [2.75, 3.05) is 41.3 Å². The van der Waals surface area contributed by atoms with E-state index in [9.17, 15) is 0 Å². The largest absolute Gasteiger partial charge is 4.00 e. The summed E-state index contributed by atoms with van der Waals surface area (Å²) in [6.07, 6.45) is 17.1. The fourth-order valence-electron chi connectivity index (χ4n) is 1.80. The molecule has 116 valence electrons. The Morgan fingerprint density at radius 3 is 1.33 bits per heavy atom. The van der Waals surface area contributed by atoms with Crippen LogP contribution in [0.2, 0.25) is 0 Å². The summed E-state index contributed by atoms with van der Waals surface area (Å²) in [6, 6.07) is 0. The number of allylic oxidation sites excluding steroid dienone is 4. The molecular weight excluding hydrogens is 470 g/mol. The molecule has 0 heterocycles. The van der Waals surface area contributed by atoms with Crippen LogP contribution in [0.1, 0.15) is 12.8 Å². The SMILES string of the molecule is CN(C)CC1=[C-]CC=C1.CN(C)CC1=[C-]CC=C1.[Cl-].[Cl-].[Hf+4]. The second kappa shape index (κ2) is 15.2. The molecule has 0 radical (unpaired) electrons. The van der Waals surface area contributed by atoms with E-state index in [2.05, 4.69) is 74.4 Å². The van der Waals surface area contributed by atoms with Crippen LogP contribution >= 0.6 is 0 Å². The van der Waals surface area contributed by atoms with Gasteiger partial charge in [-0.15, -0.1) is 12.8 Å². The van der Waals surface area contributed by atoms with Crippen molar-refractivity contribution < 1.29 is 50.7 Å². The van der Waals surface area contributed by atoms with Crippen LogP contribution in [-0.2, 0) is 25.8 Å². The Hall–Kier alpha value is 0.330. The average Bonchev–Trinajstić information content (AvgIpc) is 2.90. The van der Waals surface area contributed by atoms with Crippen LogP contribution < -0.4 is 24.8 Å². The standard InChI is InChI=1S/2C8H12N.2ClH.Hf/c2*1-9(2)7-8-5-3-4-6-8;;;/h2*3,5H,4,7H2,1-2H3;2*1H;/q2*-1;;;+4/p-2. The molecule has 0 bridgehead atoms. The van der Waals surface area contributed by atoms with E-state index in [1.807, 2.05) is 0 Å². The summed E-state index contributed by atoms with van der Waals surface area (Å²) in [7, 11) is 8.28. The Morgan fingerprint density at radius 2 is 1.14 bits per heavy atom. The van der Waals surface area contributed by atoms with E-state index < -0.39 is 0 Å². The van der Waals surface area contributed by atoms with Crippen molar-refractivity contribution in [3.8, 4) is 0 Å². The minimum absolute atomic E-state index is 0. The summed E-state index contributed by atoms with van der Waals surface area (Å²) >= 11 is 0. The molecule has 2 aliphatic rings. The maximum Gasteiger partial charge on any atom is 4.00 e. The van der Waals surface area contributed by atoms with Crippen LogP contribution in [0.5, 0.6) is 0 Å². The van der Waals surface area contributed by atoms with Crippen LogP contribution in [0.3, 0.4) is 0 Å². The molecule has 0 fully saturated rings. The van der Waals surface area contributed by atoms with Gasteiger partial charge in [-0.05, 0) is 41.3 Å². The summed E-state index contributed by atoms with van der Waals surface area (Å²) < 4.78 is 0. The number of hydrogen-bond acceptors (Lipinski definition) is 2. The maximum absolute atomic E-state index is 3.25. The van der Waals surface area contributed by atoms with Crippen LogP contribution in [0, 0.1) is 12.2 Å². The minimum atomic E-state index is 0. The van der Waals surface area contributed by atoms with Gasteiger partial charge in [0, 0.05) is 0 Å². The molecule has 21 heavy (non-hydrogen) atoms. The van der Waals surface area contributed by atoms with E-state index in [1.165, 1.54) is 11.1 Å². The van der Waals surface area contributed by atoms with Gasteiger partial charge in [-0.2, -0.15) is 12.2 Å². The van der Waals surface area contributed by atoms with Crippen molar-refractivity contribution in [3.05, 3.63) is 47.6 Å². The molecule has 0 aromatic heterocycles. The topological polar surface area (TPSA) is 6.48 Å². The van der Waals surface area contributed by atoms with E-state index >= 15 is 0 Å². The fraction of sp³-hybridized carbons (Fsp3) is 0.500. The van der Waals surface area contributed by atoms with Gasteiger partial charge in [-0.25, -0.2) is 23.3 Å². The van der Waals surface area contributed by atoms with Crippen molar-refractivity contribution >= 4 is 0 Å². The molecule has 0 saturated carbocycles. The molecule has 5 heteroatoms. The number of halogens is 2. The number of rotatable bonds is 4. The Morgan fingerprint density at radius 1 is 0.810 bits per heavy atom. The van der Waals surface area contributed by atoms with Gasteiger partial charge in [-0.1, -0.05) is 0 Å². The summed E-state index contributed by atoms with van der Waals surface area (Å²) in [4.78, 5) is 4.30. The smallest absolute Gasteiger partial charge is 1.00 e. The van der Waals surface area contributed by atoms with E-state index in [1.54, 1.807) is 0 Å². The third kappa shape index (κ3) is 13.7. The molecule has 0 aliphatic heterocycles. The third-order valence-electron chi connectivity index (χ3n) is 2.51. The first kappa shape index (κ1) is 26.2. The van der Waals surface area contributed by atoms with Crippen molar-refractivity contribution in [1.29, 1.82) is 0 Å². The first-order valence-electron chi connectivity index (χ1n) is 6.40. The van der Waals surface area contributed by atoms with Gasteiger partial charge in [0.1, 0.15) is 0 Å². The number of hydrogen-bond donors (Lipinski definition) is 0. The second-order valence-electron chi connectivity index (χ2n) is 5.09. The molecule has 0 aromatic rings. The number of likely N-dealkylation sites (N-methyl/N-ethyl adjacent to an activating group) is 2. The normalized spacial score (nSPS) is 14.6. The van der Waals surface area contributed by atoms with E-state index in [-0.39, 0.29) is 50.7 Å². The molecule has 0 aromatic carbocycles. The zero-order valence-corrected chi connectivity index (χ0v) is 18.4. The molecule has 2 nitrogen and oxygen atoms in total. The van der Waals surface area contributed by atoms with Gasteiger partial charge in [0.2, 0.25) is 0 Å². The molecule has 0 saturated heterocycles. The van der Waals surface area contributed by atoms with Gasteiger partial charge < -0.3 is 34.6 Å². The molecular formula is C16H24Cl2HfN2. The monoisotopic (exact) mass is 494 g/mol. The maximum atomic E-state index is 3.25. The van der Waals surface area contributed by atoms with Gasteiger partial charge in [0.25, 0.3) is 0 Å². The zero-order valence-electron chi connectivity index (χ0n) is 13.3. The summed E-state index contributed by atoms with van der Waals surface area (Å²) in [5.74, 6) is 0. The van der Waals surface area contributed by atoms with Crippen molar-refractivity contribution in [2.24, 2.45) is 0 Å². The molecule has 2 rings (SSSR count).